The van der Waals surface area contributed by atoms with Gasteiger partial charge in [0, 0.05) is 17.0 Å². The zero-order valence-electron chi connectivity index (χ0n) is 8.88. The lowest BCUT2D eigenvalue weighted by Gasteiger charge is -2.08. The van der Waals surface area contributed by atoms with Crippen LogP contribution in [0.5, 0.6) is 0 Å². The molecular formula is C12H14ClNO. The Balaban J connectivity index is 2.43. The van der Waals surface area contributed by atoms with Crippen LogP contribution in [0.2, 0.25) is 5.02 Å². The minimum atomic E-state index is 0.419. The van der Waals surface area contributed by atoms with Crippen molar-refractivity contribution in [1.29, 1.82) is 0 Å². The molecule has 0 saturated carbocycles. The highest BCUT2D eigenvalue weighted by Crippen LogP contribution is 2.29. The number of rotatable bonds is 3. The quantitative estimate of drug-likeness (QED) is 0.864. The van der Waals surface area contributed by atoms with Crippen molar-refractivity contribution in [3.63, 3.8) is 0 Å². The highest BCUT2D eigenvalue weighted by atomic mass is 35.5. The maximum Gasteiger partial charge on any atom is 0.135 e. The van der Waals surface area contributed by atoms with Crippen LogP contribution >= 0.6 is 11.6 Å². The minimum Gasteiger partial charge on any atom is -0.464 e. The van der Waals surface area contributed by atoms with Crippen molar-refractivity contribution in [3.05, 3.63) is 35.0 Å². The molecule has 0 aliphatic rings. The average Bonchev–Trinajstić information content (AvgIpc) is 2.63. The third-order valence-electron chi connectivity index (χ3n) is 2.64. The van der Waals surface area contributed by atoms with E-state index in [0.717, 1.165) is 28.0 Å². The zero-order chi connectivity index (χ0) is 10.8. The van der Waals surface area contributed by atoms with E-state index in [1.165, 1.54) is 0 Å². The summed E-state index contributed by atoms with van der Waals surface area (Å²) in [5, 5.41) is 5.01. The Kier molecular flexibility index (Phi) is 2.98. The topological polar surface area (TPSA) is 25.2 Å². The number of hydrogen-bond acceptors (Lipinski definition) is 2. The molecule has 0 amide bonds. The molecular weight excluding hydrogens is 210 g/mol. The molecule has 80 valence electrons. The van der Waals surface area contributed by atoms with Gasteiger partial charge in [-0.2, -0.15) is 0 Å². The van der Waals surface area contributed by atoms with Gasteiger partial charge < -0.3 is 9.73 Å². The molecule has 0 aliphatic heterocycles. The Morgan fingerprint density at radius 1 is 1.47 bits per heavy atom. The van der Waals surface area contributed by atoms with Crippen molar-refractivity contribution in [2.45, 2.75) is 19.4 Å². The highest BCUT2D eigenvalue weighted by molar-refractivity contribution is 6.35. The summed E-state index contributed by atoms with van der Waals surface area (Å²) < 4.78 is 5.46. The SMILES string of the molecule is CNC(C)Cc1coc2cccc(Cl)c12. The lowest BCUT2D eigenvalue weighted by Crippen LogP contribution is -2.23. The number of halogens is 1. The summed E-state index contributed by atoms with van der Waals surface area (Å²) in [6.07, 6.45) is 2.72. The number of fused-ring (bicyclic) bond motifs is 1. The lowest BCUT2D eigenvalue weighted by atomic mass is 10.1. The molecule has 0 aliphatic carbocycles. The highest BCUT2D eigenvalue weighted by Gasteiger charge is 2.11. The molecule has 0 radical (unpaired) electrons. The van der Waals surface area contributed by atoms with Crippen LogP contribution in [0.4, 0.5) is 0 Å². The van der Waals surface area contributed by atoms with E-state index in [9.17, 15) is 0 Å². The number of nitrogens with one attached hydrogen (secondary N) is 1. The van der Waals surface area contributed by atoms with E-state index in [0.29, 0.717) is 6.04 Å². The predicted molar refractivity (Wildman–Crippen MR) is 63.4 cm³/mol. The van der Waals surface area contributed by atoms with E-state index in [1.807, 2.05) is 25.2 Å². The molecule has 2 aromatic rings. The summed E-state index contributed by atoms with van der Waals surface area (Å²) in [6.45, 7) is 2.13. The molecule has 0 saturated heterocycles. The van der Waals surface area contributed by atoms with E-state index in [1.54, 1.807) is 6.26 Å². The van der Waals surface area contributed by atoms with Crippen LogP contribution in [-0.4, -0.2) is 13.1 Å². The van der Waals surface area contributed by atoms with Gasteiger partial charge in [-0.25, -0.2) is 0 Å². The van der Waals surface area contributed by atoms with E-state index in [-0.39, 0.29) is 0 Å². The van der Waals surface area contributed by atoms with Crippen molar-refractivity contribution < 1.29 is 4.42 Å². The number of benzene rings is 1. The summed E-state index contributed by atoms with van der Waals surface area (Å²) >= 11 is 6.15. The monoisotopic (exact) mass is 223 g/mol. The maximum atomic E-state index is 6.15. The Bertz CT molecular complexity index is 464. The second kappa shape index (κ2) is 4.25. The van der Waals surface area contributed by atoms with Gasteiger partial charge >= 0.3 is 0 Å². The minimum absolute atomic E-state index is 0.419. The molecule has 2 nitrogen and oxygen atoms in total. The predicted octanol–water partition coefficient (Wildman–Crippen LogP) is 3.24. The molecule has 1 atom stereocenters. The largest absolute Gasteiger partial charge is 0.464 e. The third kappa shape index (κ3) is 2.01. The zero-order valence-corrected chi connectivity index (χ0v) is 9.64. The summed E-state index contributed by atoms with van der Waals surface area (Å²) in [5.41, 5.74) is 2.03. The normalized spacial score (nSPS) is 13.3. The van der Waals surface area contributed by atoms with Gasteiger partial charge in [0.1, 0.15) is 5.58 Å². The van der Waals surface area contributed by atoms with E-state index in [4.69, 9.17) is 16.0 Å². The molecule has 15 heavy (non-hydrogen) atoms. The first-order valence-electron chi connectivity index (χ1n) is 5.04. The van der Waals surface area contributed by atoms with Crippen LogP contribution in [0.15, 0.2) is 28.9 Å². The van der Waals surface area contributed by atoms with Crippen LogP contribution in [0.3, 0.4) is 0 Å². The van der Waals surface area contributed by atoms with E-state index in [2.05, 4.69) is 12.2 Å². The number of hydrogen-bond donors (Lipinski definition) is 1. The van der Waals surface area contributed by atoms with Gasteiger partial charge in [0.2, 0.25) is 0 Å². The van der Waals surface area contributed by atoms with Gasteiger partial charge in [-0.05, 0) is 32.5 Å². The van der Waals surface area contributed by atoms with Crippen LogP contribution < -0.4 is 5.32 Å². The van der Waals surface area contributed by atoms with Crippen LogP contribution in [0.25, 0.3) is 11.0 Å². The number of likely N-dealkylation sites (N-methyl/N-ethyl adjacent to an activating group) is 1. The molecule has 0 fully saturated rings. The summed E-state index contributed by atoms with van der Waals surface area (Å²) in [5.74, 6) is 0. The van der Waals surface area contributed by atoms with E-state index >= 15 is 0 Å². The van der Waals surface area contributed by atoms with Gasteiger partial charge in [0.25, 0.3) is 0 Å². The fourth-order valence-corrected chi connectivity index (χ4v) is 1.98. The van der Waals surface area contributed by atoms with Gasteiger partial charge in [-0.3, -0.25) is 0 Å². The van der Waals surface area contributed by atoms with Gasteiger partial charge in [-0.15, -0.1) is 0 Å². The molecule has 1 aromatic carbocycles. The van der Waals surface area contributed by atoms with Gasteiger partial charge in [-0.1, -0.05) is 17.7 Å². The molecule has 0 spiro atoms. The Morgan fingerprint density at radius 3 is 3.00 bits per heavy atom. The standard InChI is InChI=1S/C12H14ClNO/c1-8(14-2)6-9-7-15-11-5-3-4-10(13)12(9)11/h3-5,7-8,14H,6H2,1-2H3. The first-order chi connectivity index (χ1) is 7.22. The van der Waals surface area contributed by atoms with Crippen LogP contribution in [0, 0.1) is 0 Å². The molecule has 1 unspecified atom stereocenters. The van der Waals surface area contributed by atoms with Gasteiger partial charge in [0.05, 0.1) is 11.3 Å². The fraction of sp³-hybridized carbons (Fsp3) is 0.333. The van der Waals surface area contributed by atoms with Crippen molar-refractivity contribution in [3.8, 4) is 0 Å². The molecule has 1 aromatic heterocycles. The summed E-state index contributed by atoms with van der Waals surface area (Å²) in [7, 11) is 1.95. The van der Waals surface area contributed by atoms with Crippen molar-refractivity contribution >= 4 is 22.6 Å². The van der Waals surface area contributed by atoms with Crippen molar-refractivity contribution in [2.75, 3.05) is 7.05 Å². The summed E-state index contributed by atoms with van der Waals surface area (Å²) in [6, 6.07) is 6.16. The first kappa shape index (κ1) is 10.5. The third-order valence-corrected chi connectivity index (χ3v) is 2.96. The molecule has 1 N–H and O–H groups in total. The van der Waals surface area contributed by atoms with Crippen LogP contribution in [-0.2, 0) is 6.42 Å². The fourth-order valence-electron chi connectivity index (χ4n) is 1.69. The Morgan fingerprint density at radius 2 is 2.27 bits per heavy atom. The molecule has 3 heteroatoms. The number of furan rings is 1. The first-order valence-corrected chi connectivity index (χ1v) is 5.42. The second-order valence-corrected chi connectivity index (χ2v) is 4.17. The lowest BCUT2D eigenvalue weighted by molar-refractivity contribution is 0.583. The van der Waals surface area contributed by atoms with Crippen molar-refractivity contribution in [1.82, 2.24) is 5.32 Å². The Labute approximate surface area is 94.2 Å². The maximum absolute atomic E-state index is 6.15. The molecule has 1 heterocycles. The van der Waals surface area contributed by atoms with Gasteiger partial charge in [0.15, 0.2) is 0 Å². The van der Waals surface area contributed by atoms with Crippen LogP contribution in [0.1, 0.15) is 12.5 Å². The van der Waals surface area contributed by atoms with Crippen molar-refractivity contribution in [2.24, 2.45) is 0 Å². The summed E-state index contributed by atoms with van der Waals surface area (Å²) in [4.78, 5) is 0. The second-order valence-electron chi connectivity index (χ2n) is 3.77. The Hall–Kier alpha value is -0.990. The smallest absolute Gasteiger partial charge is 0.135 e. The van der Waals surface area contributed by atoms with E-state index < -0.39 is 0 Å². The molecule has 2 rings (SSSR count). The average molecular weight is 224 g/mol. The molecule has 0 bridgehead atoms.